The number of Topliss-reactive ketones (excluding diaryl/α,β-unsaturated/α-hetero) is 1. The monoisotopic (exact) mass is 294 g/mol. The Balaban J connectivity index is 3.06. The minimum atomic E-state index is 0.244. The van der Waals surface area contributed by atoms with Crippen LogP contribution in [0.3, 0.4) is 0 Å². The van der Waals surface area contributed by atoms with E-state index in [0.717, 1.165) is 6.42 Å². The minimum absolute atomic E-state index is 0.244. The van der Waals surface area contributed by atoms with Crippen LogP contribution in [0.4, 0.5) is 0 Å². The van der Waals surface area contributed by atoms with Gasteiger partial charge in [-0.15, -0.1) is 0 Å². The zero-order valence-electron chi connectivity index (χ0n) is 14.7. The molecule has 0 aliphatic carbocycles. The fourth-order valence-electron chi connectivity index (χ4n) is 2.69. The SMILES string of the molecule is C=C(C)C(=O)CCCCCCCCCCCCCCCC. The number of rotatable bonds is 16. The van der Waals surface area contributed by atoms with Crippen molar-refractivity contribution in [1.82, 2.24) is 0 Å². The lowest BCUT2D eigenvalue weighted by Gasteiger charge is -2.03. The molecule has 0 aromatic heterocycles. The molecule has 21 heavy (non-hydrogen) atoms. The highest BCUT2D eigenvalue weighted by atomic mass is 16.1. The molecule has 0 heterocycles. The molecule has 0 saturated carbocycles. The summed E-state index contributed by atoms with van der Waals surface area (Å²) in [6.45, 7) is 7.78. The molecular weight excluding hydrogens is 256 g/mol. The smallest absolute Gasteiger partial charge is 0.157 e. The second-order valence-corrected chi connectivity index (χ2v) is 6.55. The number of hydrogen-bond acceptors (Lipinski definition) is 1. The molecule has 0 aliphatic rings. The van der Waals surface area contributed by atoms with Gasteiger partial charge in [-0.1, -0.05) is 97.0 Å². The lowest BCUT2D eigenvalue weighted by molar-refractivity contribution is -0.115. The first-order valence-electron chi connectivity index (χ1n) is 9.37. The van der Waals surface area contributed by atoms with Crippen molar-refractivity contribution in [3.05, 3.63) is 12.2 Å². The predicted molar refractivity (Wildman–Crippen MR) is 94.8 cm³/mol. The highest BCUT2D eigenvalue weighted by Gasteiger charge is 2.01. The van der Waals surface area contributed by atoms with E-state index in [-0.39, 0.29) is 5.78 Å². The van der Waals surface area contributed by atoms with Gasteiger partial charge in [-0.25, -0.2) is 0 Å². The van der Waals surface area contributed by atoms with Crippen molar-refractivity contribution in [2.75, 3.05) is 0 Å². The van der Waals surface area contributed by atoms with Crippen LogP contribution in [0.2, 0.25) is 0 Å². The van der Waals surface area contributed by atoms with E-state index in [1.165, 1.54) is 83.5 Å². The maximum Gasteiger partial charge on any atom is 0.157 e. The van der Waals surface area contributed by atoms with Crippen molar-refractivity contribution in [3.8, 4) is 0 Å². The van der Waals surface area contributed by atoms with Crippen LogP contribution in [-0.2, 0) is 4.79 Å². The quantitative estimate of drug-likeness (QED) is 0.221. The average molecular weight is 295 g/mol. The van der Waals surface area contributed by atoms with Crippen LogP contribution in [0.15, 0.2) is 12.2 Å². The molecule has 0 bridgehead atoms. The van der Waals surface area contributed by atoms with Crippen LogP contribution >= 0.6 is 0 Å². The Labute approximate surface area is 133 Å². The Morgan fingerprint density at radius 1 is 0.667 bits per heavy atom. The lowest BCUT2D eigenvalue weighted by Crippen LogP contribution is -1.97. The van der Waals surface area contributed by atoms with Crippen LogP contribution in [0.1, 0.15) is 110 Å². The standard InChI is InChI=1S/C20H38O/c1-4-5-6-7-8-9-10-11-12-13-14-15-16-17-18-20(21)19(2)3/h2,4-18H2,1,3H3. The van der Waals surface area contributed by atoms with E-state index in [1.807, 2.05) is 6.92 Å². The Hall–Kier alpha value is -0.590. The summed E-state index contributed by atoms with van der Waals surface area (Å²) in [6.07, 6.45) is 19.7. The first-order chi connectivity index (χ1) is 10.2. The number of allylic oxidation sites excluding steroid dienone is 1. The molecule has 124 valence electrons. The molecule has 0 N–H and O–H groups in total. The van der Waals surface area contributed by atoms with Crippen LogP contribution in [0, 0.1) is 0 Å². The topological polar surface area (TPSA) is 17.1 Å². The van der Waals surface area contributed by atoms with E-state index in [9.17, 15) is 4.79 Å². The first-order valence-corrected chi connectivity index (χ1v) is 9.37. The molecular formula is C20H38O. The molecule has 0 rings (SSSR count). The molecule has 0 aromatic carbocycles. The summed E-state index contributed by atoms with van der Waals surface area (Å²) in [5.74, 6) is 0.244. The van der Waals surface area contributed by atoms with Crippen LogP contribution in [0.25, 0.3) is 0 Å². The van der Waals surface area contributed by atoms with Gasteiger partial charge in [-0.3, -0.25) is 4.79 Å². The van der Waals surface area contributed by atoms with E-state index < -0.39 is 0 Å². The largest absolute Gasteiger partial charge is 0.295 e. The van der Waals surface area contributed by atoms with E-state index >= 15 is 0 Å². The van der Waals surface area contributed by atoms with Gasteiger partial charge in [0.1, 0.15) is 0 Å². The normalized spacial score (nSPS) is 10.8. The fourth-order valence-corrected chi connectivity index (χ4v) is 2.69. The highest BCUT2D eigenvalue weighted by Crippen LogP contribution is 2.13. The Bertz CT molecular complexity index is 255. The van der Waals surface area contributed by atoms with Crippen molar-refractivity contribution in [2.45, 2.75) is 110 Å². The molecule has 0 saturated heterocycles. The van der Waals surface area contributed by atoms with Gasteiger partial charge in [0.15, 0.2) is 5.78 Å². The van der Waals surface area contributed by atoms with Gasteiger partial charge < -0.3 is 0 Å². The summed E-state index contributed by atoms with van der Waals surface area (Å²) in [5, 5.41) is 0. The van der Waals surface area contributed by atoms with E-state index in [0.29, 0.717) is 12.0 Å². The number of carbonyl (C=O) groups is 1. The number of ketones is 1. The molecule has 0 aliphatic heterocycles. The zero-order chi connectivity index (χ0) is 15.8. The third-order valence-electron chi connectivity index (χ3n) is 4.23. The molecule has 0 fully saturated rings. The van der Waals surface area contributed by atoms with Gasteiger partial charge >= 0.3 is 0 Å². The molecule has 1 nitrogen and oxygen atoms in total. The van der Waals surface area contributed by atoms with Gasteiger partial charge in [-0.05, 0) is 18.9 Å². The fraction of sp³-hybridized carbons (Fsp3) is 0.850. The molecule has 0 aromatic rings. The minimum Gasteiger partial charge on any atom is -0.295 e. The van der Waals surface area contributed by atoms with Crippen molar-refractivity contribution in [3.63, 3.8) is 0 Å². The summed E-state index contributed by atoms with van der Waals surface area (Å²) in [4.78, 5) is 11.4. The maximum atomic E-state index is 11.4. The summed E-state index contributed by atoms with van der Waals surface area (Å²) in [7, 11) is 0. The Morgan fingerprint density at radius 3 is 1.33 bits per heavy atom. The third-order valence-corrected chi connectivity index (χ3v) is 4.23. The van der Waals surface area contributed by atoms with Crippen molar-refractivity contribution in [2.24, 2.45) is 0 Å². The predicted octanol–water partition coefficient (Wildman–Crippen LogP) is 7.00. The second kappa shape index (κ2) is 15.8. The van der Waals surface area contributed by atoms with Crippen molar-refractivity contribution < 1.29 is 4.79 Å². The molecule has 0 spiro atoms. The molecule has 1 heteroatoms. The van der Waals surface area contributed by atoms with Gasteiger partial charge in [0.25, 0.3) is 0 Å². The van der Waals surface area contributed by atoms with E-state index in [4.69, 9.17) is 0 Å². The number of hydrogen-bond donors (Lipinski definition) is 0. The van der Waals surface area contributed by atoms with Gasteiger partial charge in [0.2, 0.25) is 0 Å². The van der Waals surface area contributed by atoms with Crippen LogP contribution < -0.4 is 0 Å². The molecule has 0 radical (unpaired) electrons. The zero-order valence-corrected chi connectivity index (χ0v) is 14.7. The summed E-state index contributed by atoms with van der Waals surface area (Å²) in [5.41, 5.74) is 0.713. The maximum absolute atomic E-state index is 11.4. The highest BCUT2D eigenvalue weighted by molar-refractivity contribution is 5.93. The van der Waals surface area contributed by atoms with Crippen molar-refractivity contribution >= 4 is 5.78 Å². The third kappa shape index (κ3) is 15.6. The summed E-state index contributed by atoms with van der Waals surface area (Å²) in [6, 6.07) is 0. The summed E-state index contributed by atoms with van der Waals surface area (Å²) >= 11 is 0. The first kappa shape index (κ1) is 20.4. The van der Waals surface area contributed by atoms with E-state index in [1.54, 1.807) is 0 Å². The van der Waals surface area contributed by atoms with Crippen LogP contribution in [-0.4, -0.2) is 5.78 Å². The van der Waals surface area contributed by atoms with E-state index in [2.05, 4.69) is 13.5 Å². The van der Waals surface area contributed by atoms with Gasteiger partial charge in [0.05, 0.1) is 0 Å². The summed E-state index contributed by atoms with van der Waals surface area (Å²) < 4.78 is 0. The van der Waals surface area contributed by atoms with Gasteiger partial charge in [0, 0.05) is 6.42 Å². The molecule has 0 unspecified atom stereocenters. The Morgan fingerprint density at radius 2 is 1.00 bits per heavy atom. The lowest BCUT2D eigenvalue weighted by atomic mass is 10.0. The number of carbonyl (C=O) groups excluding carboxylic acids is 1. The average Bonchev–Trinajstić information content (AvgIpc) is 2.47. The van der Waals surface area contributed by atoms with Crippen LogP contribution in [0.5, 0.6) is 0 Å². The van der Waals surface area contributed by atoms with Crippen molar-refractivity contribution in [1.29, 1.82) is 0 Å². The number of unbranched alkanes of at least 4 members (excludes halogenated alkanes) is 13. The van der Waals surface area contributed by atoms with Gasteiger partial charge in [-0.2, -0.15) is 0 Å². The Kier molecular flexibility index (Phi) is 15.3. The molecule has 0 atom stereocenters. The molecule has 0 amide bonds. The second-order valence-electron chi connectivity index (χ2n) is 6.55.